The normalized spacial score (nSPS) is 13.9. The molecule has 2 aromatic heterocycles. The number of aliphatic carboxylic acids is 1. The van der Waals surface area contributed by atoms with E-state index in [4.69, 9.17) is 0 Å². The number of nitrogens with zero attached hydrogens (tertiary/aromatic N) is 2. The second kappa shape index (κ2) is 6.65. The Bertz CT molecular complexity index is 519. The van der Waals surface area contributed by atoms with Crippen LogP contribution >= 0.6 is 23.1 Å². The smallest absolute Gasteiger partial charge is 0.310 e. The fraction of sp³-hybridized carbons (Fsp3) is 0.250. The van der Waals surface area contributed by atoms with Gasteiger partial charge >= 0.3 is 5.97 Å². The van der Waals surface area contributed by atoms with E-state index in [1.807, 2.05) is 5.38 Å². The van der Waals surface area contributed by atoms with E-state index in [0.29, 0.717) is 5.56 Å². The predicted molar refractivity (Wildman–Crippen MR) is 73.2 cm³/mol. The molecule has 0 saturated carbocycles. The van der Waals surface area contributed by atoms with Gasteiger partial charge in [0.15, 0.2) is 0 Å². The minimum Gasteiger partial charge on any atom is -0.481 e. The van der Waals surface area contributed by atoms with E-state index in [1.54, 1.807) is 24.5 Å². The Balaban J connectivity index is 2.05. The number of thiazole rings is 1. The summed E-state index contributed by atoms with van der Waals surface area (Å²) in [5.41, 5.74) is 0.509. The van der Waals surface area contributed by atoms with Crippen LogP contribution < -0.4 is 0 Å². The first-order valence-electron chi connectivity index (χ1n) is 5.51. The summed E-state index contributed by atoms with van der Waals surface area (Å²) < 4.78 is 0.796. The Labute approximate surface area is 118 Å². The number of carboxylic acids is 1. The largest absolute Gasteiger partial charge is 0.481 e. The van der Waals surface area contributed by atoms with Crippen LogP contribution in [0.5, 0.6) is 0 Å². The van der Waals surface area contributed by atoms with Crippen LogP contribution in [0.25, 0.3) is 0 Å². The van der Waals surface area contributed by atoms with E-state index < -0.39 is 18.0 Å². The van der Waals surface area contributed by atoms with Crippen LogP contribution in [0.4, 0.5) is 0 Å². The Morgan fingerprint density at radius 2 is 2.32 bits per heavy atom. The Morgan fingerprint density at radius 3 is 2.89 bits per heavy atom. The molecule has 0 spiro atoms. The monoisotopic (exact) mass is 296 g/mol. The van der Waals surface area contributed by atoms with Gasteiger partial charge in [0.25, 0.3) is 0 Å². The maximum Gasteiger partial charge on any atom is 0.310 e. The van der Waals surface area contributed by atoms with Crippen LogP contribution in [0, 0.1) is 5.92 Å². The maximum atomic E-state index is 11.3. The maximum absolute atomic E-state index is 11.3. The molecule has 7 heteroatoms. The summed E-state index contributed by atoms with van der Waals surface area (Å²) in [6.45, 7) is 0. The number of hydrogen-bond donors (Lipinski definition) is 2. The molecule has 2 N–H and O–H groups in total. The van der Waals surface area contributed by atoms with Gasteiger partial charge in [-0.2, -0.15) is 0 Å². The molecule has 0 aromatic carbocycles. The molecule has 0 saturated heterocycles. The van der Waals surface area contributed by atoms with Crippen molar-refractivity contribution in [1.82, 2.24) is 9.97 Å². The lowest BCUT2D eigenvalue weighted by molar-refractivity contribution is -0.144. The highest BCUT2D eigenvalue weighted by atomic mass is 32.2. The van der Waals surface area contributed by atoms with Crippen molar-refractivity contribution in [3.05, 3.63) is 41.7 Å². The second-order valence-corrected chi connectivity index (χ2v) is 5.95. The molecule has 5 nitrogen and oxygen atoms in total. The zero-order valence-electron chi connectivity index (χ0n) is 9.84. The van der Waals surface area contributed by atoms with Crippen LogP contribution in [0.1, 0.15) is 11.7 Å². The van der Waals surface area contributed by atoms with E-state index in [1.165, 1.54) is 29.3 Å². The Hall–Kier alpha value is -1.44. The lowest BCUT2D eigenvalue weighted by Gasteiger charge is -2.18. The molecule has 0 bridgehead atoms. The number of carboxylic acid groups (broad SMARTS) is 1. The molecule has 0 aliphatic carbocycles. The standard InChI is InChI=1S/C12H12N2O3S2/c15-10(8-2-1-3-13-6-8)9(11(16)17)7-19-12-14-4-5-18-12/h1-6,9-10,15H,7H2,(H,16,17). The molecule has 2 aromatic rings. The van der Waals surface area contributed by atoms with Crippen LogP contribution in [-0.4, -0.2) is 31.9 Å². The van der Waals surface area contributed by atoms with Gasteiger partial charge in [0, 0.05) is 29.7 Å². The molecule has 2 heterocycles. The van der Waals surface area contributed by atoms with Gasteiger partial charge in [0.2, 0.25) is 0 Å². The van der Waals surface area contributed by atoms with Crippen molar-refractivity contribution in [3.63, 3.8) is 0 Å². The van der Waals surface area contributed by atoms with Crippen molar-refractivity contribution in [3.8, 4) is 0 Å². The second-order valence-electron chi connectivity index (χ2n) is 3.78. The van der Waals surface area contributed by atoms with Crippen LogP contribution in [0.3, 0.4) is 0 Å². The molecule has 0 fully saturated rings. The molecule has 0 radical (unpaired) electrons. The van der Waals surface area contributed by atoms with Gasteiger partial charge in [-0.3, -0.25) is 9.78 Å². The number of aliphatic hydroxyl groups is 1. The SMILES string of the molecule is O=C(O)C(CSc1nccs1)C(O)c1cccnc1. The van der Waals surface area contributed by atoms with Gasteiger partial charge in [-0.15, -0.1) is 11.3 Å². The van der Waals surface area contributed by atoms with E-state index in [9.17, 15) is 15.0 Å². The van der Waals surface area contributed by atoms with E-state index in [-0.39, 0.29) is 5.75 Å². The summed E-state index contributed by atoms with van der Waals surface area (Å²) in [5, 5.41) is 21.2. The number of carbonyl (C=O) groups is 1. The number of thioether (sulfide) groups is 1. The van der Waals surface area contributed by atoms with Crippen molar-refractivity contribution in [2.24, 2.45) is 5.92 Å². The molecule has 2 atom stereocenters. The highest BCUT2D eigenvalue weighted by Crippen LogP contribution is 2.29. The van der Waals surface area contributed by atoms with Crippen molar-refractivity contribution in [1.29, 1.82) is 0 Å². The molecular weight excluding hydrogens is 284 g/mol. The first kappa shape index (κ1) is 14.0. The van der Waals surface area contributed by atoms with Crippen molar-refractivity contribution in [2.75, 3.05) is 5.75 Å². The number of aromatic nitrogens is 2. The zero-order chi connectivity index (χ0) is 13.7. The first-order chi connectivity index (χ1) is 9.18. The summed E-state index contributed by atoms with van der Waals surface area (Å²) in [6, 6.07) is 3.34. The third kappa shape index (κ3) is 3.76. The van der Waals surface area contributed by atoms with Gasteiger partial charge in [-0.25, -0.2) is 4.98 Å². The summed E-state index contributed by atoms with van der Waals surface area (Å²) >= 11 is 2.78. The van der Waals surface area contributed by atoms with E-state index in [2.05, 4.69) is 9.97 Å². The third-order valence-electron chi connectivity index (χ3n) is 2.52. The topological polar surface area (TPSA) is 83.3 Å². The molecular formula is C12H12N2O3S2. The first-order valence-corrected chi connectivity index (χ1v) is 7.38. The number of rotatable bonds is 6. The van der Waals surface area contributed by atoms with Gasteiger partial charge in [0.05, 0.1) is 12.0 Å². The van der Waals surface area contributed by atoms with Gasteiger partial charge in [0.1, 0.15) is 4.34 Å². The van der Waals surface area contributed by atoms with Crippen LogP contribution in [-0.2, 0) is 4.79 Å². The lowest BCUT2D eigenvalue weighted by atomic mass is 9.99. The van der Waals surface area contributed by atoms with E-state index in [0.717, 1.165) is 4.34 Å². The highest BCUT2D eigenvalue weighted by molar-refractivity contribution is 8.01. The van der Waals surface area contributed by atoms with Gasteiger partial charge in [-0.1, -0.05) is 17.8 Å². The molecule has 0 aliphatic rings. The summed E-state index contributed by atoms with van der Waals surface area (Å²) in [6.07, 6.45) is 3.66. The Morgan fingerprint density at radius 1 is 1.47 bits per heavy atom. The molecule has 2 rings (SSSR count). The van der Waals surface area contributed by atoms with Crippen LogP contribution in [0.2, 0.25) is 0 Å². The minimum atomic E-state index is -1.07. The summed E-state index contributed by atoms with van der Waals surface area (Å²) in [5.74, 6) is -1.66. The zero-order valence-corrected chi connectivity index (χ0v) is 11.5. The fourth-order valence-electron chi connectivity index (χ4n) is 1.52. The molecule has 0 aliphatic heterocycles. The van der Waals surface area contributed by atoms with Crippen molar-refractivity contribution in [2.45, 2.75) is 10.4 Å². The highest BCUT2D eigenvalue weighted by Gasteiger charge is 2.28. The third-order valence-corrected chi connectivity index (χ3v) is 4.61. The van der Waals surface area contributed by atoms with Gasteiger partial charge in [-0.05, 0) is 11.6 Å². The molecule has 2 unspecified atom stereocenters. The number of pyridine rings is 1. The average molecular weight is 296 g/mol. The number of aliphatic hydroxyl groups excluding tert-OH is 1. The number of hydrogen-bond acceptors (Lipinski definition) is 6. The fourth-order valence-corrected chi connectivity index (χ4v) is 3.31. The quantitative estimate of drug-likeness (QED) is 0.794. The Kier molecular flexibility index (Phi) is 4.89. The van der Waals surface area contributed by atoms with E-state index >= 15 is 0 Å². The average Bonchev–Trinajstić information content (AvgIpc) is 2.92. The van der Waals surface area contributed by atoms with Crippen molar-refractivity contribution >= 4 is 29.1 Å². The minimum absolute atomic E-state index is 0.263. The summed E-state index contributed by atoms with van der Waals surface area (Å²) in [7, 11) is 0. The molecule has 100 valence electrons. The summed E-state index contributed by atoms with van der Waals surface area (Å²) in [4.78, 5) is 19.2. The lowest BCUT2D eigenvalue weighted by Crippen LogP contribution is -2.24. The molecule has 0 amide bonds. The predicted octanol–water partition coefficient (Wildman–Crippen LogP) is 2.06. The van der Waals surface area contributed by atoms with Crippen molar-refractivity contribution < 1.29 is 15.0 Å². The molecule has 19 heavy (non-hydrogen) atoms. The van der Waals surface area contributed by atoms with Crippen LogP contribution in [0.15, 0.2) is 40.4 Å². The van der Waals surface area contributed by atoms with Gasteiger partial charge < -0.3 is 10.2 Å².